The van der Waals surface area contributed by atoms with E-state index in [0.717, 1.165) is 24.4 Å². The number of nitrogens with two attached hydrogens (primary N) is 1. The Labute approximate surface area is 101 Å². The number of hydrogen-bond donors (Lipinski definition) is 2. The molecule has 1 heterocycles. The Balaban J connectivity index is 2.07. The summed E-state index contributed by atoms with van der Waals surface area (Å²) in [5.74, 6) is 0.827. The van der Waals surface area contributed by atoms with E-state index in [9.17, 15) is 4.79 Å². The second-order valence-corrected chi connectivity index (χ2v) is 4.18. The molecule has 0 atom stereocenters. The maximum absolute atomic E-state index is 11.3. The quantitative estimate of drug-likeness (QED) is 0.735. The number of nitrogens with zero attached hydrogens (tertiary/aromatic N) is 1. The minimum atomic E-state index is 0.0760. The van der Waals surface area contributed by atoms with Crippen molar-refractivity contribution in [2.24, 2.45) is 0 Å². The summed E-state index contributed by atoms with van der Waals surface area (Å²) in [5, 5.41) is 2.80. The SMILES string of the molecule is COc1cc(N)cc(CN2CCNC(=O)C2)c1. The number of anilines is 1. The highest BCUT2D eigenvalue weighted by Crippen LogP contribution is 2.19. The van der Waals surface area contributed by atoms with Gasteiger partial charge < -0.3 is 15.8 Å². The standard InChI is InChI=1S/C12H17N3O2/c1-17-11-5-9(4-10(13)6-11)7-15-3-2-14-12(16)8-15/h4-6H,2-3,7-8,13H2,1H3,(H,14,16). The van der Waals surface area contributed by atoms with E-state index in [1.165, 1.54) is 0 Å². The van der Waals surface area contributed by atoms with Gasteiger partial charge in [-0.15, -0.1) is 0 Å². The number of nitrogens with one attached hydrogen (secondary N) is 1. The molecule has 0 spiro atoms. The first-order valence-electron chi connectivity index (χ1n) is 5.60. The number of ether oxygens (including phenoxy) is 1. The Kier molecular flexibility index (Phi) is 3.49. The largest absolute Gasteiger partial charge is 0.497 e. The van der Waals surface area contributed by atoms with E-state index in [-0.39, 0.29) is 5.91 Å². The van der Waals surface area contributed by atoms with Gasteiger partial charge in [-0.1, -0.05) is 0 Å². The summed E-state index contributed by atoms with van der Waals surface area (Å²) >= 11 is 0. The van der Waals surface area contributed by atoms with Crippen LogP contribution in [0.5, 0.6) is 5.75 Å². The van der Waals surface area contributed by atoms with Crippen molar-refractivity contribution in [2.75, 3.05) is 32.5 Å². The van der Waals surface area contributed by atoms with Gasteiger partial charge in [-0.25, -0.2) is 0 Å². The Morgan fingerprint density at radius 3 is 3.00 bits per heavy atom. The van der Waals surface area contributed by atoms with Crippen LogP contribution in [0.2, 0.25) is 0 Å². The van der Waals surface area contributed by atoms with E-state index < -0.39 is 0 Å². The van der Waals surface area contributed by atoms with E-state index in [0.29, 0.717) is 18.8 Å². The number of hydrogen-bond acceptors (Lipinski definition) is 4. The average molecular weight is 235 g/mol. The van der Waals surface area contributed by atoms with Gasteiger partial charge in [0.05, 0.1) is 13.7 Å². The van der Waals surface area contributed by atoms with Crippen LogP contribution < -0.4 is 15.8 Å². The van der Waals surface area contributed by atoms with Gasteiger partial charge in [-0.2, -0.15) is 0 Å². The number of nitrogen functional groups attached to an aromatic ring is 1. The van der Waals surface area contributed by atoms with Crippen LogP contribution in [0, 0.1) is 0 Å². The molecule has 5 nitrogen and oxygen atoms in total. The summed E-state index contributed by atoms with van der Waals surface area (Å²) in [6, 6.07) is 5.64. The molecular formula is C12H17N3O2. The molecule has 5 heteroatoms. The number of benzene rings is 1. The molecule has 0 radical (unpaired) electrons. The van der Waals surface area contributed by atoms with E-state index in [1.54, 1.807) is 13.2 Å². The monoisotopic (exact) mass is 235 g/mol. The molecule has 1 saturated heterocycles. The molecule has 1 aliphatic heterocycles. The first-order valence-corrected chi connectivity index (χ1v) is 5.60. The van der Waals surface area contributed by atoms with Gasteiger partial charge in [0.15, 0.2) is 0 Å². The van der Waals surface area contributed by atoms with E-state index in [2.05, 4.69) is 10.2 Å². The summed E-state index contributed by atoms with van der Waals surface area (Å²) in [6.07, 6.45) is 0. The Morgan fingerprint density at radius 2 is 2.29 bits per heavy atom. The summed E-state index contributed by atoms with van der Waals surface area (Å²) in [7, 11) is 1.62. The second kappa shape index (κ2) is 5.05. The molecule has 1 fully saturated rings. The Hall–Kier alpha value is -1.75. The van der Waals surface area contributed by atoms with E-state index >= 15 is 0 Å². The molecule has 1 amide bonds. The van der Waals surface area contributed by atoms with Gasteiger partial charge in [0, 0.05) is 31.4 Å². The smallest absolute Gasteiger partial charge is 0.234 e. The van der Waals surface area contributed by atoms with Crippen molar-refractivity contribution in [1.82, 2.24) is 10.2 Å². The zero-order valence-corrected chi connectivity index (χ0v) is 9.90. The first-order chi connectivity index (χ1) is 8.17. The summed E-state index contributed by atoms with van der Waals surface area (Å²) in [6.45, 7) is 2.73. The van der Waals surface area contributed by atoms with Gasteiger partial charge in [0.25, 0.3) is 0 Å². The molecular weight excluding hydrogens is 218 g/mol. The van der Waals surface area contributed by atoms with Crippen molar-refractivity contribution in [3.05, 3.63) is 23.8 Å². The summed E-state index contributed by atoms with van der Waals surface area (Å²) in [4.78, 5) is 13.3. The lowest BCUT2D eigenvalue weighted by Crippen LogP contribution is -2.47. The Morgan fingerprint density at radius 1 is 1.47 bits per heavy atom. The molecule has 0 unspecified atom stereocenters. The molecule has 2 rings (SSSR count). The fraction of sp³-hybridized carbons (Fsp3) is 0.417. The molecule has 1 aromatic carbocycles. The fourth-order valence-corrected chi connectivity index (χ4v) is 1.98. The van der Waals surface area contributed by atoms with Crippen LogP contribution in [0.1, 0.15) is 5.56 Å². The van der Waals surface area contributed by atoms with Gasteiger partial charge >= 0.3 is 0 Å². The molecule has 0 bridgehead atoms. The predicted molar refractivity (Wildman–Crippen MR) is 65.7 cm³/mol. The minimum Gasteiger partial charge on any atom is -0.497 e. The number of carbonyl (C=O) groups excluding carboxylic acids is 1. The van der Waals surface area contributed by atoms with Crippen molar-refractivity contribution in [1.29, 1.82) is 0 Å². The number of methoxy groups -OCH3 is 1. The van der Waals surface area contributed by atoms with E-state index in [1.807, 2.05) is 12.1 Å². The third-order valence-electron chi connectivity index (χ3n) is 2.75. The highest BCUT2D eigenvalue weighted by atomic mass is 16.5. The second-order valence-electron chi connectivity index (χ2n) is 4.18. The summed E-state index contributed by atoms with van der Waals surface area (Å²) in [5.41, 5.74) is 7.54. The fourth-order valence-electron chi connectivity index (χ4n) is 1.98. The molecule has 0 aromatic heterocycles. The lowest BCUT2D eigenvalue weighted by atomic mass is 10.1. The van der Waals surface area contributed by atoms with Gasteiger partial charge in [0.1, 0.15) is 5.75 Å². The molecule has 17 heavy (non-hydrogen) atoms. The average Bonchev–Trinajstić information content (AvgIpc) is 2.28. The van der Waals surface area contributed by atoms with Crippen LogP contribution in [-0.4, -0.2) is 37.6 Å². The van der Waals surface area contributed by atoms with Crippen LogP contribution >= 0.6 is 0 Å². The zero-order chi connectivity index (χ0) is 12.3. The number of carbonyl (C=O) groups is 1. The Bertz CT molecular complexity index is 420. The number of rotatable bonds is 3. The molecule has 1 aromatic rings. The van der Waals surface area contributed by atoms with Crippen LogP contribution in [0.25, 0.3) is 0 Å². The topological polar surface area (TPSA) is 67.6 Å². The van der Waals surface area contributed by atoms with Crippen LogP contribution in [0.4, 0.5) is 5.69 Å². The van der Waals surface area contributed by atoms with E-state index in [4.69, 9.17) is 10.5 Å². The minimum absolute atomic E-state index is 0.0760. The van der Waals surface area contributed by atoms with Gasteiger partial charge in [-0.3, -0.25) is 9.69 Å². The third-order valence-corrected chi connectivity index (χ3v) is 2.75. The van der Waals surface area contributed by atoms with Crippen molar-refractivity contribution in [3.8, 4) is 5.75 Å². The molecule has 3 N–H and O–H groups in total. The molecule has 0 aliphatic carbocycles. The predicted octanol–water partition coefficient (Wildman–Crippen LogP) is 0.209. The van der Waals surface area contributed by atoms with Crippen molar-refractivity contribution in [3.63, 3.8) is 0 Å². The third kappa shape index (κ3) is 3.10. The van der Waals surface area contributed by atoms with Crippen LogP contribution in [0.15, 0.2) is 18.2 Å². The maximum atomic E-state index is 11.3. The highest BCUT2D eigenvalue weighted by molar-refractivity contribution is 5.78. The maximum Gasteiger partial charge on any atom is 0.234 e. The van der Waals surface area contributed by atoms with Crippen LogP contribution in [-0.2, 0) is 11.3 Å². The van der Waals surface area contributed by atoms with Crippen molar-refractivity contribution < 1.29 is 9.53 Å². The first kappa shape index (κ1) is 11.7. The number of piperazine rings is 1. The summed E-state index contributed by atoms with van der Waals surface area (Å²) < 4.78 is 5.17. The van der Waals surface area contributed by atoms with Crippen molar-refractivity contribution in [2.45, 2.75) is 6.54 Å². The van der Waals surface area contributed by atoms with Crippen LogP contribution in [0.3, 0.4) is 0 Å². The van der Waals surface area contributed by atoms with Gasteiger partial charge in [0.2, 0.25) is 5.91 Å². The van der Waals surface area contributed by atoms with Crippen molar-refractivity contribution >= 4 is 11.6 Å². The molecule has 92 valence electrons. The number of amides is 1. The lowest BCUT2D eigenvalue weighted by Gasteiger charge is -2.26. The lowest BCUT2D eigenvalue weighted by molar-refractivity contribution is -0.124. The normalized spacial score (nSPS) is 16.6. The zero-order valence-electron chi connectivity index (χ0n) is 9.90. The van der Waals surface area contributed by atoms with Gasteiger partial charge in [-0.05, 0) is 17.7 Å². The molecule has 1 aliphatic rings. The highest BCUT2D eigenvalue weighted by Gasteiger charge is 2.16. The molecule has 0 saturated carbocycles.